The minimum atomic E-state index is 1.07. The van der Waals surface area contributed by atoms with Crippen LogP contribution in [0, 0.1) is 0 Å². The fraction of sp³-hybridized carbons (Fsp3) is 0.333. The standard InChI is InChI=1S/C12H14BrN/c1-14-8-6-10(7-9-14)11-4-2-3-5-12(11)13/h2-6H,7-9H2,1H3. The molecule has 0 radical (unpaired) electrons. The highest BCUT2D eigenvalue weighted by atomic mass is 79.9. The number of rotatable bonds is 1. The van der Waals surface area contributed by atoms with Crippen molar-refractivity contribution in [3.05, 3.63) is 40.4 Å². The van der Waals surface area contributed by atoms with Gasteiger partial charge in [0.2, 0.25) is 0 Å². The van der Waals surface area contributed by atoms with Gasteiger partial charge in [-0.15, -0.1) is 0 Å². The van der Waals surface area contributed by atoms with Gasteiger partial charge in [0.25, 0.3) is 0 Å². The smallest absolute Gasteiger partial charge is 0.0250 e. The number of hydrogen-bond acceptors (Lipinski definition) is 1. The summed E-state index contributed by atoms with van der Waals surface area (Å²) in [5.74, 6) is 0. The fourth-order valence-electron chi connectivity index (χ4n) is 1.74. The summed E-state index contributed by atoms with van der Waals surface area (Å²) >= 11 is 3.59. The minimum Gasteiger partial charge on any atom is -0.302 e. The van der Waals surface area contributed by atoms with E-state index in [1.54, 1.807) is 0 Å². The monoisotopic (exact) mass is 251 g/mol. The van der Waals surface area contributed by atoms with Crippen LogP contribution in [0.2, 0.25) is 0 Å². The van der Waals surface area contributed by atoms with Crippen molar-refractivity contribution in [2.45, 2.75) is 6.42 Å². The lowest BCUT2D eigenvalue weighted by Gasteiger charge is -2.22. The summed E-state index contributed by atoms with van der Waals surface area (Å²) in [5, 5.41) is 0. The molecule has 0 N–H and O–H groups in total. The molecule has 14 heavy (non-hydrogen) atoms. The van der Waals surface area contributed by atoms with Crippen LogP contribution in [-0.2, 0) is 0 Å². The molecule has 0 bridgehead atoms. The Morgan fingerprint density at radius 2 is 2.07 bits per heavy atom. The van der Waals surface area contributed by atoms with Crippen LogP contribution in [0.4, 0.5) is 0 Å². The summed E-state index contributed by atoms with van der Waals surface area (Å²) in [6, 6.07) is 8.44. The van der Waals surface area contributed by atoms with Gasteiger partial charge in [0.1, 0.15) is 0 Å². The van der Waals surface area contributed by atoms with E-state index in [0.717, 1.165) is 19.5 Å². The van der Waals surface area contributed by atoms with Crippen molar-refractivity contribution in [2.24, 2.45) is 0 Å². The first-order chi connectivity index (χ1) is 6.77. The Morgan fingerprint density at radius 1 is 1.29 bits per heavy atom. The molecule has 0 saturated carbocycles. The van der Waals surface area contributed by atoms with Crippen molar-refractivity contribution in [3.8, 4) is 0 Å². The predicted molar refractivity (Wildman–Crippen MR) is 64.2 cm³/mol. The van der Waals surface area contributed by atoms with E-state index < -0.39 is 0 Å². The predicted octanol–water partition coefficient (Wildman–Crippen LogP) is 3.17. The lowest BCUT2D eigenvalue weighted by molar-refractivity contribution is 0.370. The summed E-state index contributed by atoms with van der Waals surface area (Å²) in [4.78, 5) is 2.33. The average Bonchev–Trinajstić information content (AvgIpc) is 2.20. The van der Waals surface area contributed by atoms with Gasteiger partial charge >= 0.3 is 0 Å². The van der Waals surface area contributed by atoms with Crippen LogP contribution in [0.25, 0.3) is 5.57 Å². The van der Waals surface area contributed by atoms with E-state index in [9.17, 15) is 0 Å². The van der Waals surface area contributed by atoms with E-state index in [0.29, 0.717) is 0 Å². The number of nitrogens with zero attached hydrogens (tertiary/aromatic N) is 1. The van der Waals surface area contributed by atoms with E-state index in [2.05, 4.69) is 58.2 Å². The van der Waals surface area contributed by atoms with Gasteiger partial charge in [-0.2, -0.15) is 0 Å². The van der Waals surface area contributed by atoms with Gasteiger partial charge in [0, 0.05) is 17.6 Å². The number of benzene rings is 1. The van der Waals surface area contributed by atoms with Gasteiger partial charge in [0.05, 0.1) is 0 Å². The normalized spacial score (nSPS) is 18.0. The molecule has 1 aromatic carbocycles. The fourth-order valence-corrected chi connectivity index (χ4v) is 2.28. The Morgan fingerprint density at radius 3 is 2.71 bits per heavy atom. The van der Waals surface area contributed by atoms with E-state index in [-0.39, 0.29) is 0 Å². The summed E-state index contributed by atoms with van der Waals surface area (Å²) in [6.45, 7) is 2.23. The van der Waals surface area contributed by atoms with Gasteiger partial charge in [0.15, 0.2) is 0 Å². The topological polar surface area (TPSA) is 3.24 Å². The average molecular weight is 252 g/mol. The zero-order chi connectivity index (χ0) is 9.97. The first-order valence-corrected chi connectivity index (χ1v) is 5.69. The van der Waals surface area contributed by atoms with Crippen LogP contribution in [-0.4, -0.2) is 25.0 Å². The zero-order valence-corrected chi connectivity index (χ0v) is 9.92. The second kappa shape index (κ2) is 4.28. The summed E-state index contributed by atoms with van der Waals surface area (Å²) in [5.41, 5.74) is 2.82. The molecule has 0 aromatic heterocycles. The Labute approximate surface area is 93.6 Å². The highest BCUT2D eigenvalue weighted by Gasteiger charge is 2.10. The third-order valence-electron chi connectivity index (χ3n) is 2.63. The maximum atomic E-state index is 3.59. The maximum Gasteiger partial charge on any atom is 0.0250 e. The Kier molecular flexibility index (Phi) is 3.04. The molecule has 1 nitrogen and oxygen atoms in total. The highest BCUT2D eigenvalue weighted by Crippen LogP contribution is 2.28. The molecule has 0 unspecified atom stereocenters. The van der Waals surface area contributed by atoms with E-state index in [1.165, 1.54) is 15.6 Å². The van der Waals surface area contributed by atoms with E-state index in [1.807, 2.05) is 0 Å². The number of hydrogen-bond donors (Lipinski definition) is 0. The molecule has 0 fully saturated rings. The molecule has 2 rings (SSSR count). The maximum absolute atomic E-state index is 3.59. The first kappa shape index (κ1) is 9.94. The molecular weight excluding hydrogens is 238 g/mol. The largest absolute Gasteiger partial charge is 0.302 e. The van der Waals surface area contributed by atoms with Crippen molar-refractivity contribution in [1.82, 2.24) is 4.90 Å². The van der Waals surface area contributed by atoms with Gasteiger partial charge < -0.3 is 4.90 Å². The second-order valence-corrected chi connectivity index (χ2v) is 4.58. The van der Waals surface area contributed by atoms with Crippen LogP contribution in [0.3, 0.4) is 0 Å². The molecular formula is C12H14BrN. The second-order valence-electron chi connectivity index (χ2n) is 3.72. The summed E-state index contributed by atoms with van der Waals surface area (Å²) in [7, 11) is 2.16. The van der Waals surface area contributed by atoms with Crippen LogP contribution < -0.4 is 0 Å². The van der Waals surface area contributed by atoms with Crippen molar-refractivity contribution >= 4 is 21.5 Å². The van der Waals surface area contributed by atoms with Crippen LogP contribution >= 0.6 is 15.9 Å². The minimum absolute atomic E-state index is 1.07. The van der Waals surface area contributed by atoms with Crippen molar-refractivity contribution < 1.29 is 0 Å². The molecule has 1 heterocycles. The van der Waals surface area contributed by atoms with Gasteiger partial charge in [-0.05, 0) is 30.7 Å². The molecule has 1 aliphatic heterocycles. The Hall–Kier alpha value is -0.600. The van der Waals surface area contributed by atoms with Crippen LogP contribution in [0.5, 0.6) is 0 Å². The number of halogens is 1. The molecule has 0 saturated heterocycles. The lowest BCUT2D eigenvalue weighted by atomic mass is 10.00. The van der Waals surface area contributed by atoms with Crippen LogP contribution in [0.1, 0.15) is 12.0 Å². The van der Waals surface area contributed by atoms with E-state index in [4.69, 9.17) is 0 Å². The molecule has 1 aromatic rings. The first-order valence-electron chi connectivity index (χ1n) is 4.90. The molecule has 0 spiro atoms. The molecule has 2 heteroatoms. The number of likely N-dealkylation sites (N-methyl/N-ethyl adjacent to an activating group) is 1. The van der Waals surface area contributed by atoms with Crippen molar-refractivity contribution in [2.75, 3.05) is 20.1 Å². The van der Waals surface area contributed by atoms with Gasteiger partial charge in [-0.3, -0.25) is 0 Å². The van der Waals surface area contributed by atoms with Gasteiger partial charge in [-0.1, -0.05) is 40.2 Å². The lowest BCUT2D eigenvalue weighted by Crippen LogP contribution is -2.23. The third-order valence-corrected chi connectivity index (χ3v) is 3.32. The van der Waals surface area contributed by atoms with Crippen molar-refractivity contribution in [3.63, 3.8) is 0 Å². The highest BCUT2D eigenvalue weighted by molar-refractivity contribution is 9.10. The quantitative estimate of drug-likeness (QED) is 0.742. The zero-order valence-electron chi connectivity index (χ0n) is 8.33. The molecule has 0 atom stereocenters. The Bertz CT molecular complexity index is 357. The summed E-state index contributed by atoms with van der Waals surface area (Å²) in [6.07, 6.45) is 3.47. The van der Waals surface area contributed by atoms with Crippen molar-refractivity contribution in [1.29, 1.82) is 0 Å². The van der Waals surface area contributed by atoms with Crippen LogP contribution in [0.15, 0.2) is 34.8 Å². The molecule has 1 aliphatic rings. The van der Waals surface area contributed by atoms with E-state index >= 15 is 0 Å². The van der Waals surface area contributed by atoms with Gasteiger partial charge in [-0.25, -0.2) is 0 Å². The third kappa shape index (κ3) is 2.07. The Balaban J connectivity index is 2.28. The molecule has 0 amide bonds. The SMILES string of the molecule is CN1CC=C(c2ccccc2Br)CC1. The summed E-state index contributed by atoms with van der Waals surface area (Å²) < 4.78 is 1.20. The molecule has 0 aliphatic carbocycles. The molecule has 74 valence electrons.